The van der Waals surface area contributed by atoms with Gasteiger partial charge in [-0.25, -0.2) is 9.78 Å². The summed E-state index contributed by atoms with van der Waals surface area (Å²) in [6.45, 7) is 0.441. The van der Waals surface area contributed by atoms with Gasteiger partial charge in [-0.05, 0) is 48.3 Å². The van der Waals surface area contributed by atoms with Crippen LogP contribution >= 0.6 is 0 Å². The van der Waals surface area contributed by atoms with E-state index in [1.54, 1.807) is 10.8 Å². The van der Waals surface area contributed by atoms with E-state index in [0.717, 1.165) is 16.5 Å². The summed E-state index contributed by atoms with van der Waals surface area (Å²) in [5.74, 6) is 0.0532. The number of hydrogen-bond donors (Lipinski definition) is 3. The Bertz CT molecular complexity index is 1430. The van der Waals surface area contributed by atoms with Crippen LogP contribution in [-0.2, 0) is 17.9 Å². The summed E-state index contributed by atoms with van der Waals surface area (Å²) in [7, 11) is 0. The summed E-state index contributed by atoms with van der Waals surface area (Å²) < 4.78 is 6.97. The fraction of sp³-hybridized carbons (Fsp3) is 0.308. The van der Waals surface area contributed by atoms with Gasteiger partial charge in [0.15, 0.2) is 0 Å². The lowest BCUT2D eigenvalue weighted by Gasteiger charge is -2.28. The van der Waals surface area contributed by atoms with Gasteiger partial charge in [-0.1, -0.05) is 42.5 Å². The lowest BCUT2D eigenvalue weighted by Crippen LogP contribution is -2.30. The van der Waals surface area contributed by atoms with E-state index in [2.05, 4.69) is 15.3 Å². The first-order valence-electron chi connectivity index (χ1n) is 11.7. The van der Waals surface area contributed by atoms with Crippen LogP contribution in [0.2, 0.25) is 0 Å². The molecule has 0 bridgehead atoms. The zero-order valence-corrected chi connectivity index (χ0v) is 19.2. The molecule has 1 amide bonds. The average Bonchev–Trinajstić information content (AvgIpc) is 2.89. The number of pyridine rings is 1. The smallest absolute Gasteiger partial charge is 0.414 e. The van der Waals surface area contributed by atoms with Gasteiger partial charge >= 0.3 is 6.09 Å². The molecule has 2 aromatic heterocycles. The van der Waals surface area contributed by atoms with Gasteiger partial charge in [0, 0.05) is 29.6 Å². The van der Waals surface area contributed by atoms with Gasteiger partial charge in [0.2, 0.25) is 5.95 Å². The number of nitrogens with two attached hydrogens (primary N) is 1. The first kappa shape index (κ1) is 22.9. The van der Waals surface area contributed by atoms with Gasteiger partial charge in [0.05, 0.1) is 6.10 Å². The molecule has 0 radical (unpaired) electrons. The van der Waals surface area contributed by atoms with Gasteiger partial charge in [0.1, 0.15) is 12.3 Å². The van der Waals surface area contributed by atoms with Crippen LogP contribution in [0.25, 0.3) is 21.8 Å². The minimum Gasteiger partial charge on any atom is -0.444 e. The number of carbonyl (C=O) groups is 1. The molecule has 1 saturated carbocycles. The first-order chi connectivity index (χ1) is 17.0. The number of anilines is 1. The van der Waals surface area contributed by atoms with Crippen LogP contribution in [0.4, 0.5) is 10.7 Å². The molecule has 2 aromatic carbocycles. The second-order valence-corrected chi connectivity index (χ2v) is 8.84. The molecule has 1 aliphatic carbocycles. The predicted molar refractivity (Wildman–Crippen MR) is 133 cm³/mol. The van der Waals surface area contributed by atoms with E-state index >= 15 is 0 Å². The van der Waals surface area contributed by atoms with Crippen molar-refractivity contribution in [2.45, 2.75) is 51.0 Å². The van der Waals surface area contributed by atoms with Crippen LogP contribution in [0.1, 0.15) is 42.9 Å². The normalized spacial score (nSPS) is 18.0. The van der Waals surface area contributed by atoms with Crippen molar-refractivity contribution in [3.8, 4) is 0 Å². The van der Waals surface area contributed by atoms with E-state index < -0.39 is 6.09 Å². The molecule has 0 atom stereocenters. The number of aliphatic hydroxyl groups is 1. The molecule has 0 aliphatic heterocycles. The second-order valence-electron chi connectivity index (χ2n) is 8.84. The average molecular weight is 474 g/mol. The van der Waals surface area contributed by atoms with E-state index in [1.807, 2.05) is 48.5 Å². The molecule has 0 saturated heterocycles. The molecule has 2 heterocycles. The van der Waals surface area contributed by atoms with Crippen molar-refractivity contribution in [3.63, 3.8) is 0 Å². The van der Waals surface area contributed by atoms with Crippen molar-refractivity contribution in [1.29, 1.82) is 0 Å². The fourth-order valence-electron chi connectivity index (χ4n) is 4.67. The van der Waals surface area contributed by atoms with Gasteiger partial charge < -0.3 is 15.6 Å². The van der Waals surface area contributed by atoms with Crippen LogP contribution in [-0.4, -0.2) is 31.8 Å². The number of amides is 1. The highest BCUT2D eigenvalue weighted by molar-refractivity contribution is 6.04. The van der Waals surface area contributed by atoms with Crippen LogP contribution in [0.5, 0.6) is 0 Å². The van der Waals surface area contributed by atoms with Crippen molar-refractivity contribution in [2.24, 2.45) is 5.73 Å². The van der Waals surface area contributed by atoms with Crippen LogP contribution in [0.15, 0.2) is 59.5 Å². The maximum absolute atomic E-state index is 13.7. The number of benzene rings is 2. The summed E-state index contributed by atoms with van der Waals surface area (Å²) in [5.41, 5.74) is 7.81. The number of hydrogen-bond acceptors (Lipinski definition) is 7. The van der Waals surface area contributed by atoms with Crippen molar-refractivity contribution in [2.75, 3.05) is 5.32 Å². The van der Waals surface area contributed by atoms with Gasteiger partial charge in [-0.15, -0.1) is 0 Å². The lowest BCUT2D eigenvalue weighted by atomic mass is 9.92. The Hall–Kier alpha value is -3.82. The Morgan fingerprint density at radius 2 is 1.83 bits per heavy atom. The zero-order valence-electron chi connectivity index (χ0n) is 19.2. The molecule has 1 fully saturated rings. The summed E-state index contributed by atoms with van der Waals surface area (Å²) in [4.78, 5) is 34.9. The first-order valence-corrected chi connectivity index (χ1v) is 11.7. The maximum atomic E-state index is 13.7. The number of carbonyl (C=O) groups excluding carboxylic acids is 1. The van der Waals surface area contributed by atoms with Crippen molar-refractivity contribution in [3.05, 3.63) is 76.2 Å². The molecule has 0 spiro atoms. The van der Waals surface area contributed by atoms with Gasteiger partial charge in [-0.3, -0.25) is 14.7 Å². The zero-order chi connectivity index (χ0) is 24.4. The molecule has 1 aliphatic rings. The molecular weight excluding hydrogens is 446 g/mol. The topological polar surface area (TPSA) is 132 Å². The molecule has 9 nitrogen and oxygen atoms in total. The second kappa shape index (κ2) is 9.81. The number of aliphatic hydroxyl groups excluding tert-OH is 1. The standard InChI is InChI=1S/C26H27N5O4/c27-13-17-6-11-20-21(12-17)24(33)31(18-7-9-19(32)10-8-18)23-22(20)14-28-25(29-23)30-26(34)35-15-16-4-2-1-3-5-16/h1-6,11-12,14,18-19,32H,7-10,13,15,27H2,(H,28,29,30,34). The Balaban J connectivity index is 1.53. The SMILES string of the molecule is NCc1ccc2c(c1)c(=O)n(C1CCC(O)CC1)c1nc(NC(=O)OCc3ccccc3)ncc21. The third-order valence-electron chi connectivity index (χ3n) is 6.51. The van der Waals surface area contributed by atoms with E-state index in [0.29, 0.717) is 48.6 Å². The van der Waals surface area contributed by atoms with Crippen molar-refractivity contribution < 1.29 is 14.6 Å². The monoisotopic (exact) mass is 473 g/mol. The summed E-state index contributed by atoms with van der Waals surface area (Å²) >= 11 is 0. The van der Waals surface area contributed by atoms with E-state index in [-0.39, 0.29) is 30.3 Å². The van der Waals surface area contributed by atoms with Crippen LogP contribution in [0, 0.1) is 0 Å². The number of fused-ring (bicyclic) bond motifs is 3. The van der Waals surface area contributed by atoms with Gasteiger partial charge in [0.25, 0.3) is 5.56 Å². The summed E-state index contributed by atoms with van der Waals surface area (Å²) in [6, 6.07) is 14.8. The lowest BCUT2D eigenvalue weighted by molar-refractivity contribution is 0.111. The maximum Gasteiger partial charge on any atom is 0.414 e. The van der Waals surface area contributed by atoms with E-state index in [1.165, 1.54) is 0 Å². The Labute approximate surface area is 201 Å². The highest BCUT2D eigenvalue weighted by Gasteiger charge is 2.25. The van der Waals surface area contributed by atoms with Crippen LogP contribution in [0.3, 0.4) is 0 Å². The molecule has 4 aromatic rings. The van der Waals surface area contributed by atoms with Gasteiger partial charge in [-0.2, -0.15) is 4.98 Å². The highest BCUT2D eigenvalue weighted by atomic mass is 16.5. The van der Waals surface area contributed by atoms with Crippen molar-refractivity contribution in [1.82, 2.24) is 14.5 Å². The Morgan fingerprint density at radius 3 is 2.57 bits per heavy atom. The van der Waals surface area contributed by atoms with Crippen LogP contribution < -0.4 is 16.6 Å². The third-order valence-corrected chi connectivity index (χ3v) is 6.51. The molecular formula is C26H27N5O4. The minimum absolute atomic E-state index is 0.0532. The number of nitrogens with zero attached hydrogens (tertiary/aromatic N) is 3. The molecule has 5 rings (SSSR count). The molecule has 180 valence electrons. The number of rotatable bonds is 5. The number of nitrogens with one attached hydrogen (secondary N) is 1. The molecule has 9 heteroatoms. The summed E-state index contributed by atoms with van der Waals surface area (Å²) in [6.07, 6.45) is 3.12. The van der Waals surface area contributed by atoms with Crippen molar-refractivity contribution >= 4 is 33.8 Å². The fourth-order valence-corrected chi connectivity index (χ4v) is 4.67. The summed E-state index contributed by atoms with van der Waals surface area (Å²) in [5, 5.41) is 14.5. The Kier molecular flexibility index (Phi) is 6.43. The number of aromatic nitrogens is 3. The third kappa shape index (κ3) is 4.73. The highest BCUT2D eigenvalue weighted by Crippen LogP contribution is 2.32. The molecule has 4 N–H and O–H groups in total. The van der Waals surface area contributed by atoms with E-state index in [4.69, 9.17) is 10.5 Å². The Morgan fingerprint density at radius 1 is 1.06 bits per heavy atom. The largest absolute Gasteiger partial charge is 0.444 e. The minimum atomic E-state index is -0.684. The van der Waals surface area contributed by atoms with E-state index in [9.17, 15) is 14.7 Å². The quantitative estimate of drug-likeness (QED) is 0.377. The number of ether oxygens (including phenoxy) is 1. The molecule has 35 heavy (non-hydrogen) atoms. The molecule has 0 unspecified atom stereocenters. The predicted octanol–water partition coefficient (Wildman–Crippen LogP) is 3.63.